The number of rotatable bonds is 4. The van der Waals surface area contributed by atoms with Crippen LogP contribution in [0.5, 0.6) is 0 Å². The Labute approximate surface area is 115 Å². The average Bonchev–Trinajstić information content (AvgIpc) is 2.93. The van der Waals surface area contributed by atoms with E-state index in [9.17, 15) is 8.42 Å². The summed E-state index contributed by atoms with van der Waals surface area (Å²) in [5.74, 6) is 1.44. The predicted octanol–water partition coefficient (Wildman–Crippen LogP) is 2.60. The summed E-state index contributed by atoms with van der Waals surface area (Å²) < 4.78 is 27.3. The molecule has 2 aliphatic rings. The third kappa shape index (κ3) is 3.00. The first kappa shape index (κ1) is 13.1. The molecule has 2 fully saturated rings. The number of nitrogens with one attached hydrogen (secondary N) is 1. The molecular formula is C15H21NO2S. The van der Waals surface area contributed by atoms with Gasteiger partial charge in [-0.2, -0.15) is 0 Å². The Kier molecular flexibility index (Phi) is 3.39. The van der Waals surface area contributed by atoms with E-state index >= 15 is 0 Å². The zero-order valence-electron chi connectivity index (χ0n) is 11.3. The number of sulfonamides is 1. The minimum absolute atomic E-state index is 0.0984. The maximum atomic E-state index is 12.2. The van der Waals surface area contributed by atoms with Gasteiger partial charge in [0.2, 0.25) is 10.0 Å². The zero-order chi connectivity index (χ0) is 13.5. The lowest BCUT2D eigenvalue weighted by atomic mass is 9.96. The molecule has 0 heterocycles. The molecule has 2 bridgehead atoms. The molecule has 0 aliphatic heterocycles. The van der Waals surface area contributed by atoms with E-state index in [1.54, 1.807) is 0 Å². The molecule has 1 aromatic carbocycles. The van der Waals surface area contributed by atoms with Gasteiger partial charge >= 0.3 is 0 Å². The van der Waals surface area contributed by atoms with Crippen LogP contribution in [0.1, 0.15) is 36.8 Å². The number of fused-ring (bicyclic) bond motifs is 2. The van der Waals surface area contributed by atoms with Crippen molar-refractivity contribution in [1.29, 1.82) is 0 Å². The molecule has 2 aliphatic carbocycles. The second kappa shape index (κ2) is 4.91. The third-order valence-electron chi connectivity index (χ3n) is 4.55. The van der Waals surface area contributed by atoms with E-state index in [4.69, 9.17) is 0 Å². The fraction of sp³-hybridized carbons (Fsp3) is 0.600. The lowest BCUT2D eigenvalue weighted by Gasteiger charge is -2.22. The Balaban J connectivity index is 1.64. The Hall–Kier alpha value is -0.870. The monoisotopic (exact) mass is 279 g/mol. The van der Waals surface area contributed by atoms with Gasteiger partial charge in [0.1, 0.15) is 0 Å². The molecule has 0 radical (unpaired) electrons. The van der Waals surface area contributed by atoms with Crippen LogP contribution < -0.4 is 4.72 Å². The average molecular weight is 279 g/mol. The number of aryl methyl sites for hydroxylation is 1. The highest BCUT2D eigenvalue weighted by Gasteiger charge is 2.40. The first-order valence-corrected chi connectivity index (χ1v) is 8.72. The van der Waals surface area contributed by atoms with E-state index < -0.39 is 10.0 Å². The van der Waals surface area contributed by atoms with Crippen LogP contribution in [0.2, 0.25) is 0 Å². The van der Waals surface area contributed by atoms with E-state index in [1.165, 1.54) is 19.3 Å². The van der Waals surface area contributed by atoms with Crippen LogP contribution in [0.15, 0.2) is 24.3 Å². The first-order chi connectivity index (χ1) is 9.02. The fourth-order valence-corrected chi connectivity index (χ4v) is 5.03. The van der Waals surface area contributed by atoms with Crippen molar-refractivity contribution in [1.82, 2.24) is 4.72 Å². The number of hydrogen-bond donors (Lipinski definition) is 1. The molecule has 2 saturated carbocycles. The maximum Gasteiger partial charge on any atom is 0.216 e. The van der Waals surface area contributed by atoms with Gasteiger partial charge in [-0.1, -0.05) is 36.2 Å². The normalized spacial score (nSPS) is 29.8. The van der Waals surface area contributed by atoms with Gasteiger partial charge in [-0.15, -0.1) is 0 Å². The van der Waals surface area contributed by atoms with Gasteiger partial charge in [-0.05, 0) is 43.6 Å². The number of benzene rings is 1. The summed E-state index contributed by atoms with van der Waals surface area (Å²) in [6.07, 6.45) is 4.75. The molecule has 0 aromatic heterocycles. The highest BCUT2D eigenvalue weighted by Crippen LogP contribution is 2.44. The Morgan fingerprint density at radius 2 is 1.89 bits per heavy atom. The minimum atomic E-state index is -3.20. The molecule has 0 saturated heterocycles. The molecule has 3 nitrogen and oxygen atoms in total. The van der Waals surface area contributed by atoms with E-state index in [0.29, 0.717) is 5.92 Å². The van der Waals surface area contributed by atoms with Gasteiger partial charge in [0.05, 0.1) is 5.75 Å². The minimum Gasteiger partial charge on any atom is -0.212 e. The Morgan fingerprint density at radius 1 is 1.16 bits per heavy atom. The summed E-state index contributed by atoms with van der Waals surface area (Å²) in [5, 5.41) is 0. The molecule has 0 amide bonds. The van der Waals surface area contributed by atoms with Crippen LogP contribution in [0.4, 0.5) is 0 Å². The van der Waals surface area contributed by atoms with Crippen LogP contribution in [-0.4, -0.2) is 14.5 Å². The Bertz CT molecular complexity index is 550. The largest absolute Gasteiger partial charge is 0.216 e. The molecule has 104 valence electrons. The summed E-state index contributed by atoms with van der Waals surface area (Å²) in [5.41, 5.74) is 2.02. The molecule has 3 atom stereocenters. The molecule has 0 unspecified atom stereocenters. The van der Waals surface area contributed by atoms with Crippen molar-refractivity contribution >= 4 is 10.0 Å². The van der Waals surface area contributed by atoms with Crippen molar-refractivity contribution in [2.75, 3.05) is 0 Å². The van der Waals surface area contributed by atoms with Gasteiger partial charge in [-0.3, -0.25) is 0 Å². The summed E-state index contributed by atoms with van der Waals surface area (Å²) in [6, 6.07) is 7.91. The van der Waals surface area contributed by atoms with Crippen LogP contribution in [0.25, 0.3) is 0 Å². The van der Waals surface area contributed by atoms with Gasteiger partial charge in [0, 0.05) is 6.04 Å². The lowest BCUT2D eigenvalue weighted by Crippen LogP contribution is -2.39. The van der Waals surface area contributed by atoms with Crippen LogP contribution >= 0.6 is 0 Å². The number of hydrogen-bond acceptors (Lipinski definition) is 2. The molecule has 4 heteroatoms. The fourth-order valence-electron chi connectivity index (χ4n) is 3.57. The van der Waals surface area contributed by atoms with Gasteiger partial charge in [0.25, 0.3) is 0 Å². The van der Waals surface area contributed by atoms with Crippen LogP contribution in [0, 0.1) is 18.8 Å². The smallest absolute Gasteiger partial charge is 0.212 e. The van der Waals surface area contributed by atoms with Gasteiger partial charge < -0.3 is 0 Å². The highest BCUT2D eigenvalue weighted by atomic mass is 32.2. The summed E-state index contributed by atoms with van der Waals surface area (Å²) in [7, 11) is -3.20. The topological polar surface area (TPSA) is 46.2 Å². The van der Waals surface area contributed by atoms with Crippen LogP contribution in [-0.2, 0) is 15.8 Å². The van der Waals surface area contributed by atoms with Crippen LogP contribution in [0.3, 0.4) is 0 Å². The summed E-state index contributed by atoms with van der Waals surface area (Å²) >= 11 is 0. The van der Waals surface area contributed by atoms with Crippen molar-refractivity contribution in [2.45, 2.75) is 44.4 Å². The summed E-state index contributed by atoms with van der Waals surface area (Å²) in [6.45, 7) is 2.01. The third-order valence-corrected chi connectivity index (χ3v) is 5.92. The van der Waals surface area contributed by atoms with Crippen molar-refractivity contribution in [2.24, 2.45) is 11.8 Å². The van der Waals surface area contributed by atoms with Gasteiger partial charge in [-0.25, -0.2) is 13.1 Å². The lowest BCUT2D eigenvalue weighted by molar-refractivity contribution is 0.390. The van der Waals surface area contributed by atoms with E-state index in [-0.39, 0.29) is 11.8 Å². The van der Waals surface area contributed by atoms with Crippen molar-refractivity contribution in [3.05, 3.63) is 35.4 Å². The quantitative estimate of drug-likeness (QED) is 0.921. The highest BCUT2D eigenvalue weighted by molar-refractivity contribution is 7.88. The van der Waals surface area contributed by atoms with E-state index in [0.717, 1.165) is 23.5 Å². The maximum absolute atomic E-state index is 12.2. The SMILES string of the molecule is Cc1ccc(CS(=O)(=O)N[C@H]2C[C@H]3CC[C@H]2C3)cc1. The summed E-state index contributed by atoms with van der Waals surface area (Å²) in [4.78, 5) is 0. The molecule has 19 heavy (non-hydrogen) atoms. The molecule has 1 N–H and O–H groups in total. The molecule has 3 rings (SSSR count). The molecule has 0 spiro atoms. The Morgan fingerprint density at radius 3 is 2.47 bits per heavy atom. The standard InChI is InChI=1S/C15H21NO2S/c1-11-2-4-12(5-3-11)10-19(17,18)16-15-9-13-6-7-14(15)8-13/h2-5,13-16H,6-10H2,1H3/t13-,14-,15-/m0/s1. The van der Waals surface area contributed by atoms with Crippen molar-refractivity contribution < 1.29 is 8.42 Å². The van der Waals surface area contributed by atoms with E-state index in [2.05, 4.69) is 4.72 Å². The molecule has 1 aromatic rings. The second-order valence-electron chi connectivity index (χ2n) is 6.14. The van der Waals surface area contributed by atoms with Crippen molar-refractivity contribution in [3.8, 4) is 0 Å². The molecular weight excluding hydrogens is 258 g/mol. The zero-order valence-corrected chi connectivity index (χ0v) is 12.1. The predicted molar refractivity (Wildman–Crippen MR) is 76.2 cm³/mol. The second-order valence-corrected chi connectivity index (χ2v) is 7.90. The first-order valence-electron chi connectivity index (χ1n) is 7.07. The van der Waals surface area contributed by atoms with E-state index in [1.807, 2.05) is 31.2 Å². The van der Waals surface area contributed by atoms with Crippen molar-refractivity contribution in [3.63, 3.8) is 0 Å². The van der Waals surface area contributed by atoms with Gasteiger partial charge in [0.15, 0.2) is 0 Å².